The molecule has 114 valence electrons. The van der Waals surface area contributed by atoms with Crippen molar-refractivity contribution in [2.45, 2.75) is 51.9 Å². The molecule has 0 radical (unpaired) electrons. The van der Waals surface area contributed by atoms with E-state index in [2.05, 4.69) is 12.2 Å². The van der Waals surface area contributed by atoms with E-state index in [4.69, 9.17) is 4.74 Å². The zero-order chi connectivity index (χ0) is 14.7. The van der Waals surface area contributed by atoms with Crippen LogP contribution in [0.5, 0.6) is 5.75 Å². The van der Waals surface area contributed by atoms with E-state index in [-0.39, 0.29) is 5.82 Å². The Kier molecular flexibility index (Phi) is 4.62. The largest absolute Gasteiger partial charge is 0.490 e. The van der Waals surface area contributed by atoms with Gasteiger partial charge in [-0.15, -0.1) is 0 Å². The van der Waals surface area contributed by atoms with E-state index in [9.17, 15) is 4.39 Å². The molecule has 2 aliphatic rings. The molecule has 2 aliphatic carbocycles. The molecule has 2 heteroatoms. The molecule has 0 N–H and O–H groups in total. The van der Waals surface area contributed by atoms with Crippen molar-refractivity contribution in [2.24, 2.45) is 11.8 Å². The van der Waals surface area contributed by atoms with Crippen LogP contribution in [0.4, 0.5) is 4.39 Å². The maximum absolute atomic E-state index is 14.3. The van der Waals surface area contributed by atoms with E-state index < -0.39 is 0 Å². The molecule has 2 saturated carbocycles. The summed E-state index contributed by atoms with van der Waals surface area (Å²) < 4.78 is 19.9. The summed E-state index contributed by atoms with van der Waals surface area (Å²) >= 11 is 0. The van der Waals surface area contributed by atoms with Gasteiger partial charge in [0, 0.05) is 0 Å². The first-order chi connectivity index (χ1) is 10.2. The lowest BCUT2D eigenvalue weighted by Crippen LogP contribution is -2.03. The van der Waals surface area contributed by atoms with Crippen molar-refractivity contribution < 1.29 is 9.13 Å². The number of allylic oxidation sites excluding steroid dienone is 2. The predicted molar refractivity (Wildman–Crippen MR) is 84.2 cm³/mol. The van der Waals surface area contributed by atoms with Crippen LogP contribution in [-0.4, -0.2) is 6.61 Å². The molecule has 0 aliphatic heterocycles. The van der Waals surface area contributed by atoms with Crippen LogP contribution < -0.4 is 4.74 Å². The van der Waals surface area contributed by atoms with Crippen LogP contribution >= 0.6 is 0 Å². The number of benzene rings is 1. The van der Waals surface area contributed by atoms with Crippen LogP contribution in [0.2, 0.25) is 0 Å². The molecule has 21 heavy (non-hydrogen) atoms. The van der Waals surface area contributed by atoms with Crippen LogP contribution in [-0.2, 0) is 6.42 Å². The van der Waals surface area contributed by atoms with Crippen molar-refractivity contribution in [1.29, 1.82) is 0 Å². The van der Waals surface area contributed by atoms with E-state index in [0.717, 1.165) is 23.5 Å². The summed E-state index contributed by atoms with van der Waals surface area (Å²) in [5.74, 6) is 1.64. The van der Waals surface area contributed by atoms with Gasteiger partial charge in [-0.2, -0.15) is 0 Å². The van der Waals surface area contributed by atoms with Crippen LogP contribution in [0, 0.1) is 24.6 Å². The summed E-state index contributed by atoms with van der Waals surface area (Å²) in [6, 6.07) is 3.81. The van der Waals surface area contributed by atoms with Gasteiger partial charge in [0.25, 0.3) is 0 Å². The van der Waals surface area contributed by atoms with Crippen molar-refractivity contribution in [3.05, 3.63) is 41.2 Å². The minimum absolute atomic E-state index is 0.178. The molecule has 1 aromatic carbocycles. The number of rotatable bonds is 6. The maximum atomic E-state index is 14.3. The van der Waals surface area contributed by atoms with E-state index >= 15 is 0 Å². The van der Waals surface area contributed by atoms with Gasteiger partial charge in [0.05, 0.1) is 6.61 Å². The SMILES string of the molecule is Cc1c(C/C=C/C2CCCC2)ccc(OCC2CC2)c1F. The molecule has 0 aromatic heterocycles. The monoisotopic (exact) mass is 288 g/mol. The molecule has 0 spiro atoms. The van der Waals surface area contributed by atoms with E-state index in [1.54, 1.807) is 6.07 Å². The molecular weight excluding hydrogens is 263 g/mol. The number of halogens is 1. The number of hydrogen-bond donors (Lipinski definition) is 0. The van der Waals surface area contributed by atoms with E-state index in [1.807, 2.05) is 13.0 Å². The first kappa shape index (κ1) is 14.6. The summed E-state index contributed by atoms with van der Waals surface area (Å²) in [6.07, 6.45) is 13.2. The third-order valence-electron chi connectivity index (χ3n) is 4.78. The Morgan fingerprint density at radius 3 is 2.67 bits per heavy atom. The summed E-state index contributed by atoms with van der Waals surface area (Å²) in [5, 5.41) is 0. The van der Waals surface area contributed by atoms with Gasteiger partial charge < -0.3 is 4.74 Å². The average Bonchev–Trinajstić information content (AvgIpc) is 3.17. The Bertz CT molecular complexity index is 511. The fourth-order valence-corrected chi connectivity index (χ4v) is 3.06. The lowest BCUT2D eigenvalue weighted by atomic mass is 10.0. The molecule has 0 unspecified atom stereocenters. The Labute approximate surface area is 127 Å². The third kappa shape index (κ3) is 3.87. The van der Waals surface area contributed by atoms with Crippen molar-refractivity contribution >= 4 is 0 Å². The maximum Gasteiger partial charge on any atom is 0.168 e. The molecule has 2 fully saturated rings. The quantitative estimate of drug-likeness (QED) is 0.653. The predicted octanol–water partition coefficient (Wildman–Crippen LogP) is 5.21. The first-order valence-corrected chi connectivity index (χ1v) is 8.31. The van der Waals surface area contributed by atoms with Gasteiger partial charge in [-0.1, -0.05) is 31.1 Å². The fourth-order valence-electron chi connectivity index (χ4n) is 3.06. The lowest BCUT2D eigenvalue weighted by molar-refractivity contribution is 0.284. The van der Waals surface area contributed by atoms with Crippen LogP contribution in [0.1, 0.15) is 49.7 Å². The molecule has 1 nitrogen and oxygen atoms in total. The van der Waals surface area contributed by atoms with Crippen LogP contribution in [0.3, 0.4) is 0 Å². The van der Waals surface area contributed by atoms with Gasteiger partial charge in [-0.05, 0) is 68.1 Å². The van der Waals surface area contributed by atoms with Crippen LogP contribution in [0.25, 0.3) is 0 Å². The van der Waals surface area contributed by atoms with Crippen molar-refractivity contribution in [3.63, 3.8) is 0 Å². The summed E-state index contributed by atoms with van der Waals surface area (Å²) in [4.78, 5) is 0. The normalized spacial score (nSPS) is 19.5. The van der Waals surface area contributed by atoms with Crippen molar-refractivity contribution in [1.82, 2.24) is 0 Å². The Hall–Kier alpha value is -1.31. The average molecular weight is 288 g/mol. The minimum Gasteiger partial charge on any atom is -0.490 e. The molecule has 1 aromatic rings. The third-order valence-corrected chi connectivity index (χ3v) is 4.78. The van der Waals surface area contributed by atoms with Gasteiger partial charge in [0.1, 0.15) is 0 Å². The summed E-state index contributed by atoms with van der Waals surface area (Å²) in [6.45, 7) is 2.52. The topological polar surface area (TPSA) is 9.23 Å². The second-order valence-electron chi connectivity index (χ2n) is 6.59. The van der Waals surface area contributed by atoms with Gasteiger partial charge >= 0.3 is 0 Å². The highest BCUT2D eigenvalue weighted by Crippen LogP contribution is 2.31. The smallest absolute Gasteiger partial charge is 0.168 e. The lowest BCUT2D eigenvalue weighted by Gasteiger charge is -2.11. The molecule has 3 rings (SSSR count). The molecular formula is C19H25FO. The summed E-state index contributed by atoms with van der Waals surface area (Å²) in [7, 11) is 0. The zero-order valence-corrected chi connectivity index (χ0v) is 12.9. The first-order valence-electron chi connectivity index (χ1n) is 8.31. The minimum atomic E-state index is -0.178. The summed E-state index contributed by atoms with van der Waals surface area (Å²) in [5.41, 5.74) is 1.81. The Balaban J connectivity index is 1.60. The van der Waals surface area contributed by atoms with Gasteiger partial charge in [0.2, 0.25) is 0 Å². The second kappa shape index (κ2) is 6.64. The van der Waals surface area contributed by atoms with Gasteiger partial charge in [-0.3, -0.25) is 0 Å². The van der Waals surface area contributed by atoms with Crippen LogP contribution in [0.15, 0.2) is 24.3 Å². The fraction of sp³-hybridized carbons (Fsp3) is 0.579. The number of ether oxygens (including phenoxy) is 1. The molecule has 0 saturated heterocycles. The van der Waals surface area contributed by atoms with E-state index in [1.165, 1.54) is 38.5 Å². The standard InChI is InChI=1S/C19H25FO/c1-14-17(8-4-7-15-5-2-3-6-15)11-12-18(19(14)20)21-13-16-9-10-16/h4,7,11-12,15-16H,2-3,5-6,8-10,13H2,1H3/b7-4+. The Morgan fingerprint density at radius 1 is 1.19 bits per heavy atom. The van der Waals surface area contributed by atoms with Crippen molar-refractivity contribution in [2.75, 3.05) is 6.61 Å². The highest BCUT2D eigenvalue weighted by Gasteiger charge is 2.22. The molecule has 0 atom stereocenters. The van der Waals surface area contributed by atoms with E-state index in [0.29, 0.717) is 18.3 Å². The Morgan fingerprint density at radius 2 is 1.95 bits per heavy atom. The zero-order valence-electron chi connectivity index (χ0n) is 12.9. The molecule has 0 bridgehead atoms. The second-order valence-corrected chi connectivity index (χ2v) is 6.59. The van der Waals surface area contributed by atoms with Crippen molar-refractivity contribution in [3.8, 4) is 5.75 Å². The molecule has 0 heterocycles. The molecule has 0 amide bonds. The number of hydrogen-bond acceptors (Lipinski definition) is 1. The van der Waals surface area contributed by atoms with Gasteiger partial charge in [-0.25, -0.2) is 4.39 Å². The highest BCUT2D eigenvalue weighted by atomic mass is 19.1. The van der Waals surface area contributed by atoms with Gasteiger partial charge in [0.15, 0.2) is 11.6 Å². The highest BCUT2D eigenvalue weighted by molar-refractivity contribution is 5.38.